The Morgan fingerprint density at radius 3 is 2.81 bits per heavy atom. The molecule has 2 aliphatic heterocycles. The summed E-state index contributed by atoms with van der Waals surface area (Å²) in [7, 11) is -1.83. The molecule has 6 nitrogen and oxygen atoms in total. The predicted molar refractivity (Wildman–Crippen MR) is 103 cm³/mol. The van der Waals surface area contributed by atoms with E-state index in [0.29, 0.717) is 32.9 Å². The Morgan fingerprint density at radius 2 is 2.15 bits per heavy atom. The molecule has 0 aromatic heterocycles. The van der Waals surface area contributed by atoms with E-state index in [0.717, 1.165) is 31.9 Å². The number of hydrogen-bond acceptors (Lipinski definition) is 5. The largest absolute Gasteiger partial charge is 0.490 e. The van der Waals surface area contributed by atoms with Crippen molar-refractivity contribution in [1.82, 2.24) is 9.62 Å². The molecule has 0 amide bonds. The fourth-order valence-corrected chi connectivity index (χ4v) is 5.10. The normalized spacial score (nSPS) is 23.8. The van der Waals surface area contributed by atoms with E-state index in [1.165, 1.54) is 16.4 Å². The Hall–Kier alpha value is -0.930. The predicted octanol–water partition coefficient (Wildman–Crippen LogP) is 2.28. The molecule has 2 unspecified atom stereocenters. The van der Waals surface area contributed by atoms with Crippen molar-refractivity contribution in [2.45, 2.75) is 24.2 Å². The van der Waals surface area contributed by atoms with Crippen molar-refractivity contribution < 1.29 is 22.3 Å². The van der Waals surface area contributed by atoms with Crippen LogP contribution in [0.3, 0.4) is 0 Å². The van der Waals surface area contributed by atoms with Gasteiger partial charge in [-0.1, -0.05) is 0 Å². The van der Waals surface area contributed by atoms with E-state index in [9.17, 15) is 12.8 Å². The monoisotopic (exact) mass is 422 g/mol. The van der Waals surface area contributed by atoms with Crippen LogP contribution in [0.2, 0.25) is 0 Å². The SMILES string of the molecule is CNCC1CCCN(S(=O)(=O)c2ccc(OCC3CCOC3)c(F)c2)C1.Cl. The highest BCUT2D eigenvalue weighted by Crippen LogP contribution is 2.27. The van der Waals surface area contributed by atoms with E-state index < -0.39 is 15.8 Å². The van der Waals surface area contributed by atoms with E-state index >= 15 is 0 Å². The molecule has 2 aliphatic rings. The van der Waals surface area contributed by atoms with E-state index in [1.807, 2.05) is 7.05 Å². The summed E-state index contributed by atoms with van der Waals surface area (Å²) in [6.45, 7) is 3.42. The van der Waals surface area contributed by atoms with Gasteiger partial charge in [-0.25, -0.2) is 12.8 Å². The van der Waals surface area contributed by atoms with Crippen molar-refractivity contribution in [3.05, 3.63) is 24.0 Å². The highest BCUT2D eigenvalue weighted by atomic mass is 35.5. The summed E-state index contributed by atoms with van der Waals surface area (Å²) in [4.78, 5) is -0.0170. The lowest BCUT2D eigenvalue weighted by atomic mass is 10.00. The molecule has 1 aromatic rings. The molecule has 0 bridgehead atoms. The van der Waals surface area contributed by atoms with Gasteiger partial charge in [0.25, 0.3) is 0 Å². The van der Waals surface area contributed by atoms with E-state index in [-0.39, 0.29) is 34.9 Å². The maximum Gasteiger partial charge on any atom is 0.243 e. The quantitative estimate of drug-likeness (QED) is 0.730. The molecular weight excluding hydrogens is 395 g/mol. The number of benzene rings is 1. The Balaban J connectivity index is 0.00000261. The molecule has 3 rings (SSSR count). The summed E-state index contributed by atoms with van der Waals surface area (Å²) in [5.41, 5.74) is 0. The lowest BCUT2D eigenvalue weighted by Gasteiger charge is -2.31. The number of piperidine rings is 1. The average Bonchev–Trinajstić information content (AvgIpc) is 3.15. The number of ether oxygens (including phenoxy) is 2. The summed E-state index contributed by atoms with van der Waals surface area (Å²) in [5, 5.41) is 3.10. The first-order valence-corrected chi connectivity index (χ1v) is 10.6. The van der Waals surface area contributed by atoms with Crippen LogP contribution in [0, 0.1) is 17.7 Å². The van der Waals surface area contributed by atoms with E-state index in [2.05, 4.69) is 5.32 Å². The van der Waals surface area contributed by atoms with Gasteiger partial charge in [-0.2, -0.15) is 4.31 Å². The molecule has 2 saturated heterocycles. The molecular formula is C18H28ClFN2O4S. The highest BCUT2D eigenvalue weighted by molar-refractivity contribution is 7.89. The van der Waals surface area contributed by atoms with Gasteiger partial charge in [0.2, 0.25) is 10.0 Å². The Kier molecular flexibility index (Phi) is 8.30. The van der Waals surface area contributed by atoms with E-state index in [4.69, 9.17) is 9.47 Å². The highest BCUT2D eigenvalue weighted by Gasteiger charge is 2.30. The fourth-order valence-electron chi connectivity index (χ4n) is 3.53. The third-order valence-electron chi connectivity index (χ3n) is 5.01. The average molecular weight is 423 g/mol. The van der Waals surface area contributed by atoms with E-state index in [1.54, 1.807) is 0 Å². The van der Waals surface area contributed by atoms with Gasteiger partial charge >= 0.3 is 0 Å². The Morgan fingerprint density at radius 1 is 1.33 bits per heavy atom. The first-order chi connectivity index (χ1) is 12.5. The van der Waals surface area contributed by atoms with Crippen LogP contribution in [0.25, 0.3) is 0 Å². The lowest BCUT2D eigenvalue weighted by Crippen LogP contribution is -2.42. The third-order valence-corrected chi connectivity index (χ3v) is 6.88. The third kappa shape index (κ3) is 5.54. The number of rotatable bonds is 7. The number of nitrogens with one attached hydrogen (secondary N) is 1. The number of nitrogens with zero attached hydrogens (tertiary/aromatic N) is 1. The molecule has 0 spiro atoms. The van der Waals surface area contributed by atoms with Gasteiger partial charge in [-0.05, 0) is 57.0 Å². The van der Waals surface area contributed by atoms with Gasteiger partial charge in [0.05, 0.1) is 18.1 Å². The minimum absolute atomic E-state index is 0. The Bertz CT molecular complexity index is 711. The van der Waals surface area contributed by atoms with Crippen LogP contribution < -0.4 is 10.1 Å². The number of hydrogen-bond donors (Lipinski definition) is 1. The minimum Gasteiger partial charge on any atom is -0.490 e. The lowest BCUT2D eigenvalue weighted by molar-refractivity contribution is 0.165. The summed E-state index contributed by atoms with van der Waals surface area (Å²) >= 11 is 0. The molecule has 27 heavy (non-hydrogen) atoms. The summed E-state index contributed by atoms with van der Waals surface area (Å²) < 4.78 is 52.3. The van der Waals surface area contributed by atoms with Gasteiger partial charge in [-0.3, -0.25) is 0 Å². The molecule has 0 aliphatic carbocycles. The first kappa shape index (κ1) is 22.4. The first-order valence-electron chi connectivity index (χ1n) is 9.15. The fraction of sp³-hybridized carbons (Fsp3) is 0.667. The van der Waals surface area contributed by atoms with Gasteiger partial charge in [0.1, 0.15) is 0 Å². The smallest absolute Gasteiger partial charge is 0.243 e. The second-order valence-electron chi connectivity index (χ2n) is 7.06. The second kappa shape index (κ2) is 10.0. The van der Waals surface area contributed by atoms with Crippen LogP contribution in [-0.4, -0.2) is 59.2 Å². The number of halogens is 2. The molecule has 2 fully saturated rings. The standard InChI is InChI=1S/C18H27FN2O4S.ClH/c1-20-10-14-3-2-7-21(11-14)26(22,23)16-4-5-18(17(19)9-16)25-13-15-6-8-24-12-15;/h4-5,9,14-15,20H,2-3,6-8,10-13H2,1H3;1H. The molecule has 2 heterocycles. The second-order valence-corrected chi connectivity index (χ2v) is 9.00. The van der Waals surface area contributed by atoms with Gasteiger partial charge in [0.15, 0.2) is 11.6 Å². The van der Waals surface area contributed by atoms with Gasteiger partial charge < -0.3 is 14.8 Å². The van der Waals surface area contributed by atoms with Crippen LogP contribution in [0.1, 0.15) is 19.3 Å². The molecule has 1 aromatic carbocycles. The number of sulfonamides is 1. The van der Waals surface area contributed by atoms with Crippen molar-refractivity contribution in [1.29, 1.82) is 0 Å². The van der Waals surface area contributed by atoms with Gasteiger partial charge in [0, 0.05) is 25.6 Å². The molecule has 1 N–H and O–H groups in total. The summed E-state index contributed by atoms with van der Waals surface area (Å²) in [6.07, 6.45) is 2.72. The maximum absolute atomic E-state index is 14.4. The minimum atomic E-state index is -3.69. The van der Waals surface area contributed by atoms with Crippen molar-refractivity contribution in [3.63, 3.8) is 0 Å². The van der Waals surface area contributed by atoms with Crippen LogP contribution in [-0.2, 0) is 14.8 Å². The molecule has 0 saturated carbocycles. The topological polar surface area (TPSA) is 67.9 Å². The summed E-state index contributed by atoms with van der Waals surface area (Å²) in [6, 6.07) is 3.91. The van der Waals surface area contributed by atoms with Crippen LogP contribution >= 0.6 is 12.4 Å². The van der Waals surface area contributed by atoms with Crippen molar-refractivity contribution in [2.24, 2.45) is 11.8 Å². The van der Waals surface area contributed by atoms with Crippen molar-refractivity contribution in [2.75, 3.05) is 46.5 Å². The van der Waals surface area contributed by atoms with Crippen molar-refractivity contribution >= 4 is 22.4 Å². The Labute approximate surface area is 166 Å². The zero-order valence-corrected chi connectivity index (χ0v) is 17.2. The molecule has 9 heteroatoms. The zero-order valence-electron chi connectivity index (χ0n) is 15.5. The van der Waals surface area contributed by atoms with Crippen LogP contribution in [0.5, 0.6) is 5.75 Å². The zero-order chi connectivity index (χ0) is 18.6. The molecule has 0 radical (unpaired) electrons. The van der Waals surface area contributed by atoms with Crippen LogP contribution in [0.15, 0.2) is 23.1 Å². The van der Waals surface area contributed by atoms with Crippen molar-refractivity contribution in [3.8, 4) is 5.75 Å². The molecule has 154 valence electrons. The summed E-state index contributed by atoms with van der Waals surface area (Å²) in [5.74, 6) is -0.0174. The van der Waals surface area contributed by atoms with Crippen LogP contribution in [0.4, 0.5) is 4.39 Å². The van der Waals surface area contributed by atoms with Gasteiger partial charge in [-0.15, -0.1) is 12.4 Å². The maximum atomic E-state index is 14.4. The molecule has 2 atom stereocenters.